The molecule has 0 fully saturated rings. The van der Waals surface area contributed by atoms with Crippen molar-refractivity contribution in [3.8, 4) is 16.9 Å². The number of esters is 1. The Bertz CT molecular complexity index is 1380. The van der Waals surface area contributed by atoms with Crippen LogP contribution in [-0.4, -0.2) is 41.3 Å². The first-order chi connectivity index (χ1) is 14.9. The van der Waals surface area contributed by atoms with Crippen LogP contribution < -0.4 is 9.44 Å². The van der Waals surface area contributed by atoms with Gasteiger partial charge in [0.1, 0.15) is 19.9 Å². The standard InChI is InChI=1S/C19H17ClN2O7S3/c1-29-19(24)14-8-7-13(9-16(14)23)22-32(27,28)17-10-15(18(20)30-17)11-3-5-12(6-4-11)21-31(2,25)26/h3-10,21-23H,1-2H3. The van der Waals surface area contributed by atoms with E-state index < -0.39 is 31.8 Å². The normalized spacial score (nSPS) is 11.7. The fraction of sp³-hybridized carbons (Fsp3) is 0.105. The van der Waals surface area contributed by atoms with Crippen LogP contribution in [0.2, 0.25) is 4.34 Å². The Kier molecular flexibility index (Phi) is 6.69. The molecule has 170 valence electrons. The molecule has 32 heavy (non-hydrogen) atoms. The number of phenolic OH excluding ortho intramolecular Hbond substituents is 1. The Morgan fingerprint density at radius 2 is 1.62 bits per heavy atom. The van der Waals surface area contributed by atoms with Crippen LogP contribution in [0.1, 0.15) is 10.4 Å². The van der Waals surface area contributed by atoms with Crippen LogP contribution in [0.25, 0.3) is 11.1 Å². The van der Waals surface area contributed by atoms with E-state index in [1.54, 1.807) is 12.1 Å². The van der Waals surface area contributed by atoms with Crippen molar-refractivity contribution in [1.29, 1.82) is 0 Å². The number of methoxy groups -OCH3 is 1. The maximum atomic E-state index is 12.8. The number of thiophene rings is 1. The molecule has 13 heteroatoms. The number of aromatic hydroxyl groups is 1. The average Bonchev–Trinajstić information content (AvgIpc) is 3.09. The molecule has 0 radical (unpaired) electrons. The first-order valence-corrected chi connectivity index (χ1v) is 13.3. The first kappa shape index (κ1) is 23.9. The number of rotatable bonds is 7. The quantitative estimate of drug-likeness (QED) is 0.406. The summed E-state index contributed by atoms with van der Waals surface area (Å²) in [5.74, 6) is -1.20. The molecule has 0 aliphatic heterocycles. The van der Waals surface area contributed by atoms with Crippen molar-refractivity contribution < 1.29 is 31.5 Å². The van der Waals surface area contributed by atoms with E-state index in [1.165, 1.54) is 30.3 Å². The average molecular weight is 517 g/mol. The van der Waals surface area contributed by atoms with Gasteiger partial charge in [-0.05, 0) is 35.9 Å². The highest BCUT2D eigenvalue weighted by Crippen LogP contribution is 2.39. The smallest absolute Gasteiger partial charge is 0.341 e. The van der Waals surface area contributed by atoms with Gasteiger partial charge in [-0.3, -0.25) is 9.44 Å². The van der Waals surface area contributed by atoms with Crippen molar-refractivity contribution in [1.82, 2.24) is 0 Å². The molecule has 1 heterocycles. The number of halogens is 1. The van der Waals surface area contributed by atoms with Crippen LogP contribution >= 0.6 is 22.9 Å². The SMILES string of the molecule is COC(=O)c1ccc(NS(=O)(=O)c2cc(-c3ccc(NS(C)(=O)=O)cc3)c(Cl)s2)cc1O. The molecule has 3 aromatic rings. The summed E-state index contributed by atoms with van der Waals surface area (Å²) in [5, 5.41) is 9.95. The molecule has 3 rings (SSSR count). The van der Waals surface area contributed by atoms with Crippen LogP contribution in [0.15, 0.2) is 52.7 Å². The van der Waals surface area contributed by atoms with E-state index in [0.29, 0.717) is 16.8 Å². The number of carbonyl (C=O) groups excluding carboxylic acids is 1. The van der Waals surface area contributed by atoms with Crippen molar-refractivity contribution in [2.24, 2.45) is 0 Å². The molecule has 0 unspecified atom stereocenters. The summed E-state index contributed by atoms with van der Waals surface area (Å²) in [5.41, 5.74) is 1.33. The third-order valence-electron chi connectivity index (χ3n) is 4.08. The van der Waals surface area contributed by atoms with Crippen LogP contribution in [0, 0.1) is 0 Å². The van der Waals surface area contributed by atoms with Gasteiger partial charge in [-0.15, -0.1) is 11.3 Å². The largest absolute Gasteiger partial charge is 0.507 e. The highest BCUT2D eigenvalue weighted by Gasteiger charge is 2.22. The summed E-state index contributed by atoms with van der Waals surface area (Å²) in [6.07, 6.45) is 1.03. The second kappa shape index (κ2) is 8.98. The zero-order chi connectivity index (χ0) is 23.7. The van der Waals surface area contributed by atoms with Crippen LogP contribution in [0.5, 0.6) is 5.75 Å². The number of nitrogens with one attached hydrogen (secondary N) is 2. The number of benzene rings is 2. The van der Waals surface area contributed by atoms with Crippen LogP contribution in [-0.2, 0) is 24.8 Å². The minimum absolute atomic E-state index is 0.0393. The molecule has 0 atom stereocenters. The molecule has 0 amide bonds. The van der Waals surface area contributed by atoms with Crippen molar-refractivity contribution in [3.63, 3.8) is 0 Å². The second-order valence-electron chi connectivity index (χ2n) is 6.53. The number of hydrogen-bond donors (Lipinski definition) is 3. The molecular weight excluding hydrogens is 500 g/mol. The van der Waals surface area contributed by atoms with Crippen molar-refractivity contribution in [2.45, 2.75) is 4.21 Å². The van der Waals surface area contributed by atoms with Gasteiger partial charge >= 0.3 is 5.97 Å². The van der Waals surface area contributed by atoms with Crippen molar-refractivity contribution in [3.05, 3.63) is 58.4 Å². The maximum Gasteiger partial charge on any atom is 0.341 e. The van der Waals surface area contributed by atoms with Gasteiger partial charge in [0.25, 0.3) is 10.0 Å². The highest BCUT2D eigenvalue weighted by atomic mass is 35.5. The molecule has 3 N–H and O–H groups in total. The number of hydrogen-bond acceptors (Lipinski definition) is 8. The van der Waals surface area contributed by atoms with E-state index >= 15 is 0 Å². The van der Waals surface area contributed by atoms with Crippen molar-refractivity contribution >= 4 is 60.3 Å². The lowest BCUT2D eigenvalue weighted by atomic mass is 10.1. The molecule has 0 saturated heterocycles. The van der Waals surface area contributed by atoms with Gasteiger partial charge in [0, 0.05) is 17.3 Å². The van der Waals surface area contributed by atoms with Gasteiger partial charge in [0.15, 0.2) is 0 Å². The molecule has 0 aliphatic rings. The summed E-state index contributed by atoms with van der Waals surface area (Å²) in [7, 11) is -6.31. The number of carbonyl (C=O) groups is 1. The highest BCUT2D eigenvalue weighted by molar-refractivity contribution is 7.94. The van der Waals surface area contributed by atoms with Gasteiger partial charge in [-0.1, -0.05) is 23.7 Å². The fourth-order valence-corrected chi connectivity index (χ4v) is 6.07. The van der Waals surface area contributed by atoms with E-state index in [2.05, 4.69) is 14.2 Å². The molecule has 0 aliphatic carbocycles. The Morgan fingerprint density at radius 3 is 2.19 bits per heavy atom. The van der Waals surface area contributed by atoms with E-state index in [1.807, 2.05) is 0 Å². The topological polar surface area (TPSA) is 139 Å². The zero-order valence-corrected chi connectivity index (χ0v) is 19.8. The minimum Gasteiger partial charge on any atom is -0.507 e. The van der Waals surface area contributed by atoms with E-state index in [0.717, 1.165) is 30.8 Å². The summed E-state index contributed by atoms with van der Waals surface area (Å²) in [6.45, 7) is 0. The lowest BCUT2D eigenvalue weighted by Gasteiger charge is -2.08. The predicted molar refractivity (Wildman–Crippen MR) is 123 cm³/mol. The van der Waals surface area contributed by atoms with Gasteiger partial charge in [-0.25, -0.2) is 21.6 Å². The monoisotopic (exact) mass is 516 g/mol. The Labute approximate surface area is 193 Å². The Balaban J connectivity index is 1.86. The van der Waals surface area contributed by atoms with Crippen LogP contribution in [0.3, 0.4) is 0 Å². The van der Waals surface area contributed by atoms with Gasteiger partial charge in [0.05, 0.1) is 19.1 Å². The van der Waals surface area contributed by atoms with E-state index in [4.69, 9.17) is 11.6 Å². The van der Waals surface area contributed by atoms with E-state index in [-0.39, 0.29) is 19.8 Å². The molecule has 0 spiro atoms. The third kappa shape index (κ3) is 5.51. The summed E-state index contributed by atoms with van der Waals surface area (Å²) >= 11 is 7.09. The van der Waals surface area contributed by atoms with Gasteiger partial charge in [-0.2, -0.15) is 0 Å². The zero-order valence-electron chi connectivity index (χ0n) is 16.6. The molecule has 9 nitrogen and oxygen atoms in total. The fourth-order valence-electron chi connectivity index (χ4n) is 2.69. The number of anilines is 2. The molecule has 0 saturated carbocycles. The van der Waals surface area contributed by atoms with Gasteiger partial charge in [0.2, 0.25) is 10.0 Å². The third-order valence-corrected chi connectivity index (χ3v) is 7.90. The first-order valence-electron chi connectivity index (χ1n) is 8.71. The number of ether oxygens (including phenoxy) is 1. The Hall–Kier alpha value is -2.80. The molecule has 1 aromatic heterocycles. The number of sulfonamides is 2. The molecule has 0 bridgehead atoms. The molecule has 2 aromatic carbocycles. The lowest BCUT2D eigenvalue weighted by molar-refractivity contribution is 0.0597. The molecular formula is C19H17ClN2O7S3. The van der Waals surface area contributed by atoms with Gasteiger partial charge < -0.3 is 9.84 Å². The Morgan fingerprint density at radius 1 is 1.00 bits per heavy atom. The predicted octanol–water partition coefficient (Wildman–Crippen LogP) is 3.73. The summed E-state index contributed by atoms with van der Waals surface area (Å²) in [6, 6.07) is 11.3. The second-order valence-corrected chi connectivity index (χ2v) is 11.8. The minimum atomic E-state index is -4.05. The summed E-state index contributed by atoms with van der Waals surface area (Å²) < 4.78 is 57.5. The summed E-state index contributed by atoms with van der Waals surface area (Å²) in [4.78, 5) is 11.5. The van der Waals surface area contributed by atoms with Crippen molar-refractivity contribution in [2.75, 3.05) is 22.8 Å². The lowest BCUT2D eigenvalue weighted by Crippen LogP contribution is -2.12. The number of phenols is 1. The maximum absolute atomic E-state index is 12.8. The van der Waals surface area contributed by atoms with Crippen LogP contribution in [0.4, 0.5) is 11.4 Å². The van der Waals surface area contributed by atoms with E-state index in [9.17, 15) is 26.7 Å².